The third-order valence-corrected chi connectivity index (χ3v) is 4.49. The molecule has 0 bridgehead atoms. The monoisotopic (exact) mass is 230 g/mol. The van der Waals surface area contributed by atoms with Gasteiger partial charge in [0, 0.05) is 0 Å². The van der Waals surface area contributed by atoms with Gasteiger partial charge in [-0.3, -0.25) is 4.79 Å². The highest BCUT2D eigenvalue weighted by molar-refractivity contribution is 5.70. The van der Waals surface area contributed by atoms with Gasteiger partial charge in [0.15, 0.2) is 0 Å². The summed E-state index contributed by atoms with van der Waals surface area (Å²) in [6.07, 6.45) is 14.0. The Bertz CT molecular complexity index is 428. The summed E-state index contributed by atoms with van der Waals surface area (Å²) in [5.74, 6) is 0.513. The molecule has 0 aromatic heterocycles. The highest BCUT2D eigenvalue weighted by atomic mass is 16.4. The number of carbonyl (C=O) groups is 1. The molecule has 3 aliphatic carbocycles. The molecule has 0 saturated heterocycles. The minimum absolute atomic E-state index is 0.147. The van der Waals surface area contributed by atoms with E-state index in [1.54, 1.807) is 0 Å². The van der Waals surface area contributed by atoms with E-state index < -0.39 is 5.97 Å². The normalized spacial score (nSPS) is 35.4. The van der Waals surface area contributed by atoms with Crippen molar-refractivity contribution in [3.05, 3.63) is 35.5 Å². The van der Waals surface area contributed by atoms with Gasteiger partial charge in [0.05, 0.1) is 5.92 Å². The van der Waals surface area contributed by atoms with Gasteiger partial charge in [0.2, 0.25) is 0 Å². The van der Waals surface area contributed by atoms with Crippen LogP contribution in [0.1, 0.15) is 32.1 Å². The second kappa shape index (κ2) is 4.17. The van der Waals surface area contributed by atoms with Crippen LogP contribution in [-0.2, 0) is 4.79 Å². The molecular weight excluding hydrogens is 212 g/mol. The number of allylic oxidation sites excluding steroid dienone is 6. The van der Waals surface area contributed by atoms with E-state index in [1.165, 1.54) is 24.0 Å². The number of carboxylic acids is 1. The Morgan fingerprint density at radius 1 is 1.18 bits per heavy atom. The molecule has 0 radical (unpaired) electrons. The van der Waals surface area contributed by atoms with Crippen LogP contribution in [0, 0.1) is 17.8 Å². The standard InChI is InChI=1S/C15H18O2/c16-15(17)12-7-8-14-11(9-12)6-5-10-3-1-2-4-13(10)14/h1,3,5-6,12-14H,2,4,7-9H2,(H,16,17). The SMILES string of the molecule is O=C(O)C1CCC2C(=CC=C3C=CCCC32)C1. The summed E-state index contributed by atoms with van der Waals surface area (Å²) in [6.45, 7) is 0. The smallest absolute Gasteiger partial charge is 0.306 e. The van der Waals surface area contributed by atoms with Crippen LogP contribution in [-0.4, -0.2) is 11.1 Å². The van der Waals surface area contributed by atoms with Crippen molar-refractivity contribution in [2.45, 2.75) is 32.1 Å². The van der Waals surface area contributed by atoms with Gasteiger partial charge >= 0.3 is 5.97 Å². The van der Waals surface area contributed by atoms with E-state index >= 15 is 0 Å². The summed E-state index contributed by atoms with van der Waals surface area (Å²) < 4.78 is 0. The van der Waals surface area contributed by atoms with Crippen molar-refractivity contribution >= 4 is 5.97 Å². The average Bonchev–Trinajstić information content (AvgIpc) is 2.38. The largest absolute Gasteiger partial charge is 0.481 e. The van der Waals surface area contributed by atoms with Crippen LogP contribution >= 0.6 is 0 Å². The molecule has 0 spiro atoms. The van der Waals surface area contributed by atoms with Gasteiger partial charge < -0.3 is 5.11 Å². The summed E-state index contributed by atoms with van der Waals surface area (Å²) in [4.78, 5) is 11.1. The van der Waals surface area contributed by atoms with Crippen molar-refractivity contribution < 1.29 is 9.90 Å². The highest BCUT2D eigenvalue weighted by Gasteiger charge is 2.36. The molecule has 3 unspecified atom stereocenters. The van der Waals surface area contributed by atoms with E-state index in [9.17, 15) is 4.79 Å². The van der Waals surface area contributed by atoms with E-state index in [0.29, 0.717) is 11.8 Å². The third-order valence-electron chi connectivity index (χ3n) is 4.49. The van der Waals surface area contributed by atoms with Gasteiger partial charge in [0.25, 0.3) is 0 Å². The number of carboxylic acid groups (broad SMARTS) is 1. The molecule has 0 aliphatic heterocycles. The van der Waals surface area contributed by atoms with Gasteiger partial charge in [-0.05, 0) is 49.5 Å². The molecule has 1 N–H and O–H groups in total. The fraction of sp³-hybridized carbons (Fsp3) is 0.533. The molecule has 2 heteroatoms. The first-order valence-corrected chi connectivity index (χ1v) is 6.55. The molecular formula is C15H18O2. The second-order valence-corrected chi connectivity index (χ2v) is 5.42. The molecule has 0 amide bonds. The lowest BCUT2D eigenvalue weighted by molar-refractivity contribution is -0.142. The van der Waals surface area contributed by atoms with E-state index in [-0.39, 0.29) is 5.92 Å². The Morgan fingerprint density at radius 3 is 2.88 bits per heavy atom. The first-order chi connectivity index (χ1) is 8.25. The molecule has 0 aromatic carbocycles. The van der Waals surface area contributed by atoms with Crippen LogP contribution in [0.2, 0.25) is 0 Å². The third kappa shape index (κ3) is 1.86. The van der Waals surface area contributed by atoms with Crippen molar-refractivity contribution in [2.24, 2.45) is 17.8 Å². The lowest BCUT2D eigenvalue weighted by atomic mass is 9.65. The van der Waals surface area contributed by atoms with Crippen LogP contribution in [0.15, 0.2) is 35.5 Å². The molecule has 2 nitrogen and oxygen atoms in total. The summed E-state index contributed by atoms with van der Waals surface area (Å²) in [5, 5.41) is 9.11. The fourth-order valence-electron chi connectivity index (χ4n) is 3.57. The zero-order valence-corrected chi connectivity index (χ0v) is 9.93. The topological polar surface area (TPSA) is 37.3 Å². The van der Waals surface area contributed by atoms with Crippen LogP contribution in [0.3, 0.4) is 0 Å². The van der Waals surface area contributed by atoms with E-state index in [4.69, 9.17) is 5.11 Å². The number of fused-ring (bicyclic) bond motifs is 3. The molecule has 0 heterocycles. The Hall–Kier alpha value is -1.31. The molecule has 3 rings (SSSR count). The first kappa shape index (κ1) is 10.8. The summed E-state index contributed by atoms with van der Waals surface area (Å²) in [5.41, 5.74) is 2.84. The highest BCUT2D eigenvalue weighted by Crippen LogP contribution is 2.46. The number of hydrogen-bond acceptors (Lipinski definition) is 1. The van der Waals surface area contributed by atoms with Crippen LogP contribution in [0.5, 0.6) is 0 Å². The second-order valence-electron chi connectivity index (χ2n) is 5.42. The van der Waals surface area contributed by atoms with Gasteiger partial charge in [-0.15, -0.1) is 0 Å². The summed E-state index contributed by atoms with van der Waals surface area (Å²) >= 11 is 0. The van der Waals surface area contributed by atoms with E-state index in [0.717, 1.165) is 19.3 Å². The minimum Gasteiger partial charge on any atom is -0.481 e. The first-order valence-electron chi connectivity index (χ1n) is 6.55. The summed E-state index contributed by atoms with van der Waals surface area (Å²) in [7, 11) is 0. The Balaban J connectivity index is 1.85. The molecule has 90 valence electrons. The minimum atomic E-state index is -0.623. The average molecular weight is 230 g/mol. The number of rotatable bonds is 1. The Labute approximate surface area is 102 Å². The fourth-order valence-corrected chi connectivity index (χ4v) is 3.57. The number of aliphatic carboxylic acids is 1. The van der Waals surface area contributed by atoms with Crippen molar-refractivity contribution in [1.82, 2.24) is 0 Å². The van der Waals surface area contributed by atoms with E-state index in [1.807, 2.05) is 0 Å². The molecule has 17 heavy (non-hydrogen) atoms. The Morgan fingerprint density at radius 2 is 2.06 bits per heavy atom. The lowest BCUT2D eigenvalue weighted by Gasteiger charge is -2.39. The zero-order valence-electron chi connectivity index (χ0n) is 9.93. The van der Waals surface area contributed by atoms with Gasteiger partial charge in [-0.2, -0.15) is 0 Å². The van der Waals surface area contributed by atoms with Crippen molar-refractivity contribution in [2.75, 3.05) is 0 Å². The summed E-state index contributed by atoms with van der Waals surface area (Å²) in [6, 6.07) is 0. The van der Waals surface area contributed by atoms with E-state index in [2.05, 4.69) is 24.3 Å². The van der Waals surface area contributed by atoms with Crippen LogP contribution in [0.25, 0.3) is 0 Å². The quantitative estimate of drug-likeness (QED) is 0.750. The maximum atomic E-state index is 11.1. The molecule has 1 fully saturated rings. The molecule has 1 saturated carbocycles. The predicted molar refractivity (Wildman–Crippen MR) is 66.5 cm³/mol. The van der Waals surface area contributed by atoms with Crippen molar-refractivity contribution in [3.8, 4) is 0 Å². The molecule has 3 aliphatic rings. The van der Waals surface area contributed by atoms with Crippen molar-refractivity contribution in [1.29, 1.82) is 0 Å². The lowest BCUT2D eigenvalue weighted by Crippen LogP contribution is -2.30. The number of hydrogen-bond donors (Lipinski definition) is 1. The van der Waals surface area contributed by atoms with Gasteiger partial charge in [-0.25, -0.2) is 0 Å². The Kier molecular flexibility index (Phi) is 2.65. The van der Waals surface area contributed by atoms with Crippen LogP contribution < -0.4 is 0 Å². The maximum Gasteiger partial charge on any atom is 0.306 e. The predicted octanol–water partition coefficient (Wildman–Crippen LogP) is 3.32. The van der Waals surface area contributed by atoms with Crippen LogP contribution in [0.4, 0.5) is 0 Å². The molecule has 3 atom stereocenters. The van der Waals surface area contributed by atoms with Crippen molar-refractivity contribution in [3.63, 3.8) is 0 Å². The van der Waals surface area contributed by atoms with Gasteiger partial charge in [0.1, 0.15) is 0 Å². The van der Waals surface area contributed by atoms with Gasteiger partial charge in [-0.1, -0.05) is 29.9 Å². The zero-order chi connectivity index (χ0) is 11.8. The molecule has 0 aromatic rings. The maximum absolute atomic E-state index is 11.1.